The number of thiophene rings is 1. The first-order valence-electron chi connectivity index (χ1n) is 19.6. The van der Waals surface area contributed by atoms with Crippen molar-refractivity contribution in [3.8, 4) is 44.9 Å². The van der Waals surface area contributed by atoms with Crippen molar-refractivity contribution in [2.45, 2.75) is 0 Å². The Balaban J connectivity index is 0.988. The highest BCUT2D eigenvalue weighted by Crippen LogP contribution is 2.41. The van der Waals surface area contributed by atoms with Crippen molar-refractivity contribution in [2.24, 2.45) is 0 Å². The number of fused-ring (bicyclic) bond motifs is 5. The van der Waals surface area contributed by atoms with E-state index in [0.717, 1.165) is 44.8 Å². The maximum atomic E-state index is 5.31. The highest BCUT2D eigenvalue weighted by molar-refractivity contribution is 7.25. The zero-order valence-electron chi connectivity index (χ0n) is 31.5. The number of rotatable bonds is 7. The fourth-order valence-corrected chi connectivity index (χ4v) is 9.23. The Morgan fingerprint density at radius 2 is 0.810 bits per heavy atom. The maximum absolute atomic E-state index is 5.31. The highest BCUT2D eigenvalue weighted by atomic mass is 32.1. The normalized spacial score (nSPS) is 11.4. The van der Waals surface area contributed by atoms with Gasteiger partial charge in [-0.3, -0.25) is 0 Å². The average Bonchev–Trinajstić information content (AvgIpc) is 3.65. The van der Waals surface area contributed by atoms with E-state index in [1.807, 2.05) is 11.3 Å². The second-order valence-electron chi connectivity index (χ2n) is 14.6. The second-order valence-corrected chi connectivity index (χ2v) is 15.7. The Hall–Kier alpha value is -7.40. The predicted molar refractivity (Wildman–Crippen MR) is 246 cm³/mol. The first kappa shape index (κ1) is 33.9. The Morgan fingerprint density at radius 3 is 1.43 bits per heavy atom. The van der Waals surface area contributed by atoms with Crippen molar-refractivity contribution < 1.29 is 0 Å². The molecule has 0 radical (unpaired) electrons. The van der Waals surface area contributed by atoms with Crippen LogP contribution in [0.1, 0.15) is 0 Å². The molecule has 0 aliphatic carbocycles. The van der Waals surface area contributed by atoms with Gasteiger partial charge in [0.1, 0.15) is 0 Å². The number of anilines is 3. The second kappa shape index (κ2) is 14.3. The molecule has 0 unspecified atom stereocenters. The smallest absolute Gasteiger partial charge is 0.160 e. The van der Waals surface area contributed by atoms with Crippen LogP contribution in [0.5, 0.6) is 0 Å². The maximum Gasteiger partial charge on any atom is 0.160 e. The summed E-state index contributed by atoms with van der Waals surface area (Å²) in [6, 6.07) is 75.7. The molecule has 58 heavy (non-hydrogen) atoms. The van der Waals surface area contributed by atoms with E-state index in [9.17, 15) is 0 Å². The molecule has 0 amide bonds. The molecule has 272 valence electrons. The van der Waals surface area contributed by atoms with Crippen LogP contribution in [0.25, 0.3) is 86.7 Å². The zero-order chi connectivity index (χ0) is 38.4. The van der Waals surface area contributed by atoms with Gasteiger partial charge in [0.15, 0.2) is 5.82 Å². The summed E-state index contributed by atoms with van der Waals surface area (Å²) in [7, 11) is 0. The van der Waals surface area contributed by atoms with Crippen molar-refractivity contribution >= 4 is 70.2 Å². The van der Waals surface area contributed by atoms with Gasteiger partial charge in [0, 0.05) is 53.7 Å². The largest absolute Gasteiger partial charge is 0.311 e. The minimum atomic E-state index is 0.701. The van der Waals surface area contributed by atoms with Gasteiger partial charge in [-0.25, -0.2) is 9.97 Å². The molecule has 0 saturated carbocycles. The summed E-state index contributed by atoms with van der Waals surface area (Å²) < 4.78 is 2.57. The Morgan fingerprint density at radius 1 is 0.328 bits per heavy atom. The van der Waals surface area contributed by atoms with Gasteiger partial charge in [0.2, 0.25) is 0 Å². The van der Waals surface area contributed by atoms with Crippen molar-refractivity contribution in [1.82, 2.24) is 9.97 Å². The third-order valence-electron chi connectivity index (χ3n) is 11.1. The monoisotopic (exact) mass is 757 g/mol. The van der Waals surface area contributed by atoms with Gasteiger partial charge in [-0.1, -0.05) is 133 Å². The van der Waals surface area contributed by atoms with Crippen LogP contribution in [0.4, 0.5) is 17.1 Å². The summed E-state index contributed by atoms with van der Waals surface area (Å²) in [4.78, 5) is 12.7. The van der Waals surface area contributed by atoms with Gasteiger partial charge >= 0.3 is 0 Å². The predicted octanol–water partition coefficient (Wildman–Crippen LogP) is 15.3. The van der Waals surface area contributed by atoms with E-state index in [2.05, 4.69) is 217 Å². The molecule has 11 rings (SSSR count). The minimum Gasteiger partial charge on any atom is -0.311 e. The molecule has 11 aromatic rings. The standard InChI is InChI=1S/C54H35N3S/c1-3-11-36(12-4-1)38-19-26-44(27-20-38)57(45-28-21-39(22-29-45)37-13-5-2-6-14-37)46-30-23-40(24-31-46)54-55-50-18-10-9-17-47(50)53(56-54)43-25-32-51-48(34-43)49-33-41-15-7-8-16-42(41)35-52(49)58-51/h1-35H. The summed E-state index contributed by atoms with van der Waals surface area (Å²) >= 11 is 1.85. The number of nitrogens with zero attached hydrogens (tertiary/aromatic N) is 3. The van der Waals surface area contributed by atoms with E-state index >= 15 is 0 Å². The molecule has 0 aliphatic rings. The van der Waals surface area contributed by atoms with Crippen molar-refractivity contribution in [2.75, 3.05) is 4.90 Å². The van der Waals surface area contributed by atoms with Gasteiger partial charge in [-0.05, 0) is 112 Å². The lowest BCUT2D eigenvalue weighted by atomic mass is 10.0. The van der Waals surface area contributed by atoms with E-state index < -0.39 is 0 Å². The first-order chi connectivity index (χ1) is 28.7. The summed E-state index contributed by atoms with van der Waals surface area (Å²) in [6.45, 7) is 0. The number of hydrogen-bond acceptors (Lipinski definition) is 4. The molecule has 0 N–H and O–H groups in total. The minimum absolute atomic E-state index is 0.701. The summed E-state index contributed by atoms with van der Waals surface area (Å²) in [6.07, 6.45) is 0. The molecule has 2 heterocycles. The molecule has 0 aliphatic heterocycles. The van der Waals surface area contributed by atoms with Gasteiger partial charge in [-0.15, -0.1) is 11.3 Å². The van der Waals surface area contributed by atoms with Gasteiger partial charge < -0.3 is 4.90 Å². The summed E-state index contributed by atoms with van der Waals surface area (Å²) in [5, 5.41) is 6.10. The molecule has 4 heteroatoms. The average molecular weight is 758 g/mol. The lowest BCUT2D eigenvalue weighted by Gasteiger charge is -2.26. The van der Waals surface area contributed by atoms with E-state index in [1.54, 1.807) is 0 Å². The van der Waals surface area contributed by atoms with Crippen LogP contribution in [0.3, 0.4) is 0 Å². The molecular formula is C54H35N3S. The summed E-state index contributed by atoms with van der Waals surface area (Å²) in [5.41, 5.74) is 11.9. The van der Waals surface area contributed by atoms with Gasteiger partial charge in [0.05, 0.1) is 11.2 Å². The molecule has 0 bridgehead atoms. The van der Waals surface area contributed by atoms with Crippen LogP contribution in [-0.4, -0.2) is 9.97 Å². The molecule has 0 saturated heterocycles. The van der Waals surface area contributed by atoms with Crippen LogP contribution in [0.2, 0.25) is 0 Å². The molecule has 0 spiro atoms. The Kier molecular flexibility index (Phi) is 8.34. The fourth-order valence-electron chi connectivity index (χ4n) is 8.11. The van der Waals surface area contributed by atoms with Crippen LogP contribution < -0.4 is 4.90 Å². The van der Waals surface area contributed by atoms with Crippen LogP contribution in [0.15, 0.2) is 212 Å². The lowest BCUT2D eigenvalue weighted by Crippen LogP contribution is -2.09. The van der Waals surface area contributed by atoms with Crippen molar-refractivity contribution in [1.29, 1.82) is 0 Å². The molecule has 2 aromatic heterocycles. The topological polar surface area (TPSA) is 29.0 Å². The third kappa shape index (κ3) is 6.17. The van der Waals surface area contributed by atoms with E-state index in [4.69, 9.17) is 9.97 Å². The third-order valence-corrected chi connectivity index (χ3v) is 12.2. The van der Waals surface area contributed by atoms with Gasteiger partial charge in [0.25, 0.3) is 0 Å². The van der Waals surface area contributed by atoms with Crippen LogP contribution in [0, 0.1) is 0 Å². The SMILES string of the molecule is c1ccc(-c2ccc(N(c3ccc(-c4ccccc4)cc3)c3ccc(-c4nc(-c5ccc6sc7cc8ccccc8cc7c6c5)c5ccccc5n4)cc3)cc2)cc1. The lowest BCUT2D eigenvalue weighted by molar-refractivity contribution is 1.22. The zero-order valence-corrected chi connectivity index (χ0v) is 32.3. The molecule has 3 nitrogen and oxygen atoms in total. The quantitative estimate of drug-likeness (QED) is 0.162. The van der Waals surface area contributed by atoms with E-state index in [1.165, 1.54) is 53.2 Å². The van der Waals surface area contributed by atoms with Crippen LogP contribution in [-0.2, 0) is 0 Å². The van der Waals surface area contributed by atoms with E-state index in [-0.39, 0.29) is 0 Å². The van der Waals surface area contributed by atoms with Gasteiger partial charge in [-0.2, -0.15) is 0 Å². The molecular weight excluding hydrogens is 723 g/mol. The van der Waals surface area contributed by atoms with Crippen molar-refractivity contribution in [3.63, 3.8) is 0 Å². The number of aromatic nitrogens is 2. The Bertz CT molecular complexity index is 3160. The molecule has 9 aromatic carbocycles. The fraction of sp³-hybridized carbons (Fsp3) is 0. The first-order valence-corrected chi connectivity index (χ1v) is 20.4. The summed E-state index contributed by atoms with van der Waals surface area (Å²) in [5.74, 6) is 0.701. The number of hydrogen-bond donors (Lipinski definition) is 0. The number of benzene rings is 9. The van der Waals surface area contributed by atoms with Crippen molar-refractivity contribution in [3.05, 3.63) is 212 Å². The molecule has 0 fully saturated rings. The molecule has 0 atom stereocenters. The number of para-hydroxylation sites is 1. The van der Waals surface area contributed by atoms with Crippen LogP contribution >= 0.6 is 11.3 Å². The van der Waals surface area contributed by atoms with E-state index in [0.29, 0.717) is 5.82 Å². The highest BCUT2D eigenvalue weighted by Gasteiger charge is 2.17. The Labute approximate surface area is 340 Å².